The van der Waals surface area contributed by atoms with Gasteiger partial charge in [0.15, 0.2) is 0 Å². The summed E-state index contributed by atoms with van der Waals surface area (Å²) in [5, 5.41) is 11.4. The van der Waals surface area contributed by atoms with Crippen LogP contribution in [0.5, 0.6) is 0 Å². The van der Waals surface area contributed by atoms with Crippen molar-refractivity contribution in [2.45, 2.75) is 59.5 Å². The van der Waals surface area contributed by atoms with Gasteiger partial charge in [0, 0.05) is 25.6 Å². The highest BCUT2D eigenvalue weighted by atomic mass is 16.4. The van der Waals surface area contributed by atoms with E-state index >= 15 is 0 Å². The highest BCUT2D eigenvalue weighted by Gasteiger charge is 2.27. The lowest BCUT2D eigenvalue weighted by Gasteiger charge is -2.35. The minimum Gasteiger partial charge on any atom is -0.481 e. The fourth-order valence-electron chi connectivity index (χ4n) is 1.48. The maximum atomic E-state index is 12.0. The fourth-order valence-corrected chi connectivity index (χ4v) is 1.48. The molecule has 0 rings (SSSR count). The summed E-state index contributed by atoms with van der Waals surface area (Å²) in [5.74, 6) is -0.840. The minimum absolute atomic E-state index is 0.0103. The van der Waals surface area contributed by atoms with Crippen molar-refractivity contribution in [1.29, 1.82) is 0 Å². The van der Waals surface area contributed by atoms with Gasteiger partial charge in [0.05, 0.1) is 0 Å². The largest absolute Gasteiger partial charge is 0.481 e. The summed E-state index contributed by atoms with van der Waals surface area (Å²) >= 11 is 0. The van der Waals surface area contributed by atoms with Crippen LogP contribution in [0.2, 0.25) is 0 Å². The van der Waals surface area contributed by atoms with Crippen LogP contribution in [-0.4, -0.2) is 41.1 Å². The van der Waals surface area contributed by atoms with Crippen LogP contribution in [0.1, 0.15) is 47.5 Å². The molecule has 0 heterocycles. The Morgan fingerprint density at radius 1 is 1.28 bits per heavy atom. The molecule has 18 heavy (non-hydrogen) atoms. The van der Waals surface area contributed by atoms with Gasteiger partial charge < -0.3 is 15.3 Å². The zero-order valence-corrected chi connectivity index (χ0v) is 12.3. The van der Waals surface area contributed by atoms with E-state index in [9.17, 15) is 9.59 Å². The number of nitrogens with one attached hydrogen (secondary N) is 1. The topological polar surface area (TPSA) is 69.6 Å². The van der Waals surface area contributed by atoms with E-state index in [-0.39, 0.29) is 30.0 Å². The molecule has 0 aromatic heterocycles. The van der Waals surface area contributed by atoms with Crippen molar-refractivity contribution in [3.63, 3.8) is 0 Å². The smallest absolute Gasteiger partial charge is 0.317 e. The Kier molecular flexibility index (Phi) is 6.15. The molecule has 5 nitrogen and oxygen atoms in total. The van der Waals surface area contributed by atoms with E-state index in [1.807, 2.05) is 13.8 Å². The van der Waals surface area contributed by atoms with Crippen molar-refractivity contribution in [3.05, 3.63) is 0 Å². The Hall–Kier alpha value is -1.26. The molecule has 0 aromatic carbocycles. The van der Waals surface area contributed by atoms with E-state index in [0.717, 1.165) is 0 Å². The Labute approximate surface area is 110 Å². The molecular weight excluding hydrogens is 232 g/mol. The summed E-state index contributed by atoms with van der Waals surface area (Å²) in [6.45, 7) is 10.1. The Balaban J connectivity index is 4.27. The minimum atomic E-state index is -0.840. The van der Waals surface area contributed by atoms with Crippen LogP contribution in [0.4, 0.5) is 4.79 Å². The third-order valence-corrected chi connectivity index (χ3v) is 3.32. The van der Waals surface area contributed by atoms with Gasteiger partial charge in [-0.15, -0.1) is 0 Å². The van der Waals surface area contributed by atoms with Crippen LogP contribution in [0.15, 0.2) is 0 Å². The second-order valence-corrected chi connectivity index (χ2v) is 5.94. The van der Waals surface area contributed by atoms with Crippen molar-refractivity contribution >= 4 is 12.0 Å². The van der Waals surface area contributed by atoms with Gasteiger partial charge in [-0.25, -0.2) is 4.79 Å². The number of urea groups is 1. The third kappa shape index (κ3) is 5.89. The molecule has 0 radical (unpaired) electrons. The molecule has 0 fully saturated rings. The Bertz CT molecular complexity index is 297. The van der Waals surface area contributed by atoms with E-state index < -0.39 is 5.97 Å². The number of rotatable bonds is 5. The molecule has 0 spiro atoms. The number of aliphatic carboxylic acids is 1. The number of hydrogen-bond donors (Lipinski definition) is 2. The average molecular weight is 258 g/mol. The summed E-state index contributed by atoms with van der Waals surface area (Å²) in [6, 6.07) is -0.192. The second-order valence-electron chi connectivity index (χ2n) is 5.94. The normalized spacial score (nSPS) is 14.8. The molecule has 0 saturated heterocycles. The van der Waals surface area contributed by atoms with Crippen LogP contribution in [0.25, 0.3) is 0 Å². The van der Waals surface area contributed by atoms with E-state index in [0.29, 0.717) is 6.42 Å². The highest BCUT2D eigenvalue weighted by molar-refractivity contribution is 5.74. The molecule has 5 heteroatoms. The van der Waals surface area contributed by atoms with Crippen molar-refractivity contribution < 1.29 is 14.7 Å². The maximum Gasteiger partial charge on any atom is 0.317 e. The summed E-state index contributed by atoms with van der Waals surface area (Å²) in [6.07, 6.45) is 0.513. The van der Waals surface area contributed by atoms with Crippen LogP contribution >= 0.6 is 0 Å². The molecule has 0 aliphatic heterocycles. The predicted molar refractivity (Wildman–Crippen MR) is 71.5 cm³/mol. The van der Waals surface area contributed by atoms with Crippen LogP contribution in [0, 0.1) is 5.41 Å². The molecule has 0 bridgehead atoms. The number of amides is 2. The Morgan fingerprint density at radius 3 is 2.17 bits per heavy atom. The number of hydrogen-bond acceptors (Lipinski definition) is 2. The van der Waals surface area contributed by atoms with Gasteiger partial charge in [0.2, 0.25) is 0 Å². The quantitative estimate of drug-likeness (QED) is 0.795. The number of carboxylic acids is 1. The molecule has 2 atom stereocenters. The number of carboxylic acid groups (broad SMARTS) is 1. The van der Waals surface area contributed by atoms with Crippen LogP contribution < -0.4 is 5.32 Å². The molecule has 2 N–H and O–H groups in total. The standard InChI is InChI=1S/C13H26N2O3/c1-9(7-8-11(16)17)14-12(18)15(6)10(2)13(3,4)5/h9-10H,7-8H2,1-6H3,(H,14,18)(H,16,17). The lowest BCUT2D eigenvalue weighted by Crippen LogP contribution is -2.49. The third-order valence-electron chi connectivity index (χ3n) is 3.32. The second kappa shape index (κ2) is 6.61. The summed E-state index contributed by atoms with van der Waals surface area (Å²) in [5.41, 5.74) is 0.0103. The van der Waals surface area contributed by atoms with Crippen LogP contribution in [-0.2, 0) is 4.79 Å². The molecule has 0 aliphatic carbocycles. The first-order valence-corrected chi connectivity index (χ1v) is 6.30. The first-order chi connectivity index (χ1) is 8.05. The maximum absolute atomic E-state index is 12.0. The SMILES string of the molecule is CC(CCC(=O)O)NC(=O)N(C)C(C)C(C)(C)C. The first-order valence-electron chi connectivity index (χ1n) is 6.30. The lowest BCUT2D eigenvalue weighted by atomic mass is 9.87. The lowest BCUT2D eigenvalue weighted by molar-refractivity contribution is -0.137. The summed E-state index contributed by atoms with van der Waals surface area (Å²) in [4.78, 5) is 24.1. The van der Waals surface area contributed by atoms with Gasteiger partial charge >= 0.3 is 12.0 Å². The first kappa shape index (κ1) is 16.7. The van der Waals surface area contributed by atoms with Crippen molar-refractivity contribution in [3.8, 4) is 0 Å². The number of nitrogens with zero attached hydrogens (tertiary/aromatic N) is 1. The van der Waals surface area contributed by atoms with E-state index in [4.69, 9.17) is 5.11 Å². The molecule has 2 unspecified atom stereocenters. The molecule has 0 aliphatic rings. The predicted octanol–water partition coefficient (Wildman–Crippen LogP) is 2.32. The summed E-state index contributed by atoms with van der Waals surface area (Å²) in [7, 11) is 1.76. The van der Waals surface area contributed by atoms with Gasteiger partial charge in [-0.05, 0) is 25.7 Å². The van der Waals surface area contributed by atoms with Crippen molar-refractivity contribution in [2.24, 2.45) is 5.41 Å². The van der Waals surface area contributed by atoms with Gasteiger partial charge in [0.25, 0.3) is 0 Å². The molecular formula is C13H26N2O3. The van der Waals surface area contributed by atoms with Crippen molar-refractivity contribution in [2.75, 3.05) is 7.05 Å². The van der Waals surface area contributed by atoms with Gasteiger partial charge in [0.1, 0.15) is 0 Å². The van der Waals surface area contributed by atoms with Crippen molar-refractivity contribution in [1.82, 2.24) is 10.2 Å². The average Bonchev–Trinajstić information content (AvgIpc) is 2.22. The fraction of sp³-hybridized carbons (Fsp3) is 0.846. The molecule has 0 aromatic rings. The molecule has 106 valence electrons. The zero-order valence-electron chi connectivity index (χ0n) is 12.3. The van der Waals surface area contributed by atoms with E-state index in [1.54, 1.807) is 11.9 Å². The number of carbonyl (C=O) groups is 2. The highest BCUT2D eigenvalue weighted by Crippen LogP contribution is 2.22. The van der Waals surface area contributed by atoms with Crippen LogP contribution in [0.3, 0.4) is 0 Å². The molecule has 2 amide bonds. The number of carbonyl (C=O) groups excluding carboxylic acids is 1. The Morgan fingerprint density at radius 2 is 1.78 bits per heavy atom. The summed E-state index contributed by atoms with van der Waals surface area (Å²) < 4.78 is 0. The van der Waals surface area contributed by atoms with E-state index in [1.165, 1.54) is 0 Å². The van der Waals surface area contributed by atoms with E-state index in [2.05, 4.69) is 26.1 Å². The monoisotopic (exact) mass is 258 g/mol. The molecule has 0 saturated carbocycles. The zero-order chi connectivity index (χ0) is 14.5. The van der Waals surface area contributed by atoms with Gasteiger partial charge in [-0.3, -0.25) is 4.79 Å². The van der Waals surface area contributed by atoms with Gasteiger partial charge in [-0.1, -0.05) is 20.8 Å². The van der Waals surface area contributed by atoms with Gasteiger partial charge in [-0.2, -0.15) is 0 Å².